The minimum Gasteiger partial charge on any atom is -0.429 e. The smallest absolute Gasteiger partial charge is 0.349 e. The standard InChI is InChI=1S/C28H41ClO9Si/c1-26(2,3)39(27(4,5)6)33-14-20-18(38-39)13-19-22(35-20)23(31)28(7)21(34-19)12-17(30)25(37-28)36-24(32)15-9-8-10-16(29)11-15/h8-11,17-23,25,30-31H,12-14H2,1-7H3/t17-,18-,19+,20+,21-,22+,23+,25-,28-/m0/s1. The van der Waals surface area contributed by atoms with E-state index in [-0.39, 0.29) is 34.3 Å². The number of esters is 1. The number of benzene rings is 1. The van der Waals surface area contributed by atoms with Gasteiger partial charge in [-0.15, -0.1) is 0 Å². The van der Waals surface area contributed by atoms with Crippen LogP contribution in [0.25, 0.3) is 0 Å². The summed E-state index contributed by atoms with van der Waals surface area (Å²) in [6, 6.07) is 6.32. The first-order valence-corrected chi connectivity index (χ1v) is 15.9. The highest BCUT2D eigenvalue weighted by Gasteiger charge is 2.66. The van der Waals surface area contributed by atoms with E-state index in [1.807, 2.05) is 0 Å². The van der Waals surface area contributed by atoms with Crippen molar-refractivity contribution in [2.24, 2.45) is 0 Å². The fraction of sp³-hybridized carbons (Fsp3) is 0.750. The maximum absolute atomic E-state index is 12.7. The molecule has 0 amide bonds. The molecule has 0 aromatic heterocycles. The van der Waals surface area contributed by atoms with Gasteiger partial charge in [0.25, 0.3) is 0 Å². The molecule has 218 valence electrons. The SMILES string of the molecule is CC(C)(C)[Si]1(C(C)(C)C)OC[C@H]2O[C@H]3[C@@H](O)[C@@]4(C)O[C@H](OC(=O)c5cccc(Cl)c5)[C@@H](O)C[C@@H]4O[C@@H]3C[C@@H]2O1. The Bertz CT molecular complexity index is 1070. The Kier molecular flexibility index (Phi) is 7.56. The Morgan fingerprint density at radius 2 is 1.74 bits per heavy atom. The van der Waals surface area contributed by atoms with E-state index < -0.39 is 56.9 Å². The van der Waals surface area contributed by atoms with Gasteiger partial charge >= 0.3 is 14.5 Å². The van der Waals surface area contributed by atoms with Gasteiger partial charge in [0.1, 0.15) is 30.0 Å². The lowest BCUT2D eigenvalue weighted by Gasteiger charge is -2.60. The maximum Gasteiger partial charge on any atom is 0.349 e. The lowest BCUT2D eigenvalue weighted by molar-refractivity contribution is -0.372. The molecule has 4 fully saturated rings. The quantitative estimate of drug-likeness (QED) is 0.392. The van der Waals surface area contributed by atoms with Gasteiger partial charge in [0.15, 0.2) is 0 Å². The molecule has 0 unspecified atom stereocenters. The van der Waals surface area contributed by atoms with E-state index in [9.17, 15) is 15.0 Å². The van der Waals surface area contributed by atoms with Gasteiger partial charge in [-0.3, -0.25) is 0 Å². The van der Waals surface area contributed by atoms with E-state index in [2.05, 4.69) is 41.5 Å². The highest BCUT2D eigenvalue weighted by atomic mass is 35.5. The van der Waals surface area contributed by atoms with Crippen LogP contribution in [0.3, 0.4) is 0 Å². The fourth-order valence-electron chi connectivity index (χ4n) is 6.78. The number of carbonyl (C=O) groups excluding carboxylic acids is 1. The van der Waals surface area contributed by atoms with Crippen LogP contribution in [-0.2, 0) is 27.8 Å². The van der Waals surface area contributed by atoms with E-state index in [1.165, 1.54) is 6.07 Å². The summed E-state index contributed by atoms with van der Waals surface area (Å²) in [5, 5.41) is 22.4. The molecule has 4 saturated heterocycles. The van der Waals surface area contributed by atoms with E-state index in [0.717, 1.165) is 0 Å². The number of halogens is 1. The summed E-state index contributed by atoms with van der Waals surface area (Å²) in [5.74, 6) is -0.689. The van der Waals surface area contributed by atoms with Gasteiger partial charge in [-0.2, -0.15) is 0 Å². The Balaban J connectivity index is 1.32. The number of ether oxygens (including phenoxy) is 4. The van der Waals surface area contributed by atoms with Crippen LogP contribution in [0.4, 0.5) is 0 Å². The number of fused-ring (bicyclic) bond motifs is 3. The zero-order chi connectivity index (χ0) is 28.5. The van der Waals surface area contributed by atoms with Crippen LogP contribution in [0.2, 0.25) is 15.1 Å². The van der Waals surface area contributed by atoms with Crippen molar-refractivity contribution in [2.75, 3.05) is 6.61 Å². The summed E-state index contributed by atoms with van der Waals surface area (Å²) in [6.07, 6.45) is -5.28. The molecule has 11 heteroatoms. The Labute approximate surface area is 236 Å². The van der Waals surface area contributed by atoms with Gasteiger partial charge in [-0.25, -0.2) is 4.79 Å². The van der Waals surface area contributed by atoms with Crippen LogP contribution in [0.1, 0.15) is 71.7 Å². The normalized spacial score (nSPS) is 40.2. The van der Waals surface area contributed by atoms with E-state index in [4.69, 9.17) is 39.4 Å². The van der Waals surface area contributed by atoms with Gasteiger partial charge in [-0.05, 0) is 25.1 Å². The van der Waals surface area contributed by atoms with Gasteiger partial charge in [0, 0.05) is 27.9 Å². The third-order valence-electron chi connectivity index (χ3n) is 8.62. The summed E-state index contributed by atoms with van der Waals surface area (Å²) in [6.45, 7) is 15.1. The van der Waals surface area contributed by atoms with Crippen molar-refractivity contribution in [3.63, 3.8) is 0 Å². The first kappa shape index (κ1) is 29.4. The van der Waals surface area contributed by atoms with E-state index in [1.54, 1.807) is 25.1 Å². The van der Waals surface area contributed by atoms with Crippen LogP contribution in [0.15, 0.2) is 24.3 Å². The monoisotopic (exact) mass is 584 g/mol. The van der Waals surface area contributed by atoms with Crippen molar-refractivity contribution in [2.45, 2.75) is 126 Å². The molecule has 1 aromatic carbocycles. The van der Waals surface area contributed by atoms with Crippen LogP contribution >= 0.6 is 11.6 Å². The largest absolute Gasteiger partial charge is 0.429 e. The fourth-order valence-corrected chi connectivity index (χ4v) is 11.9. The predicted molar refractivity (Wildman–Crippen MR) is 145 cm³/mol. The molecule has 4 heterocycles. The van der Waals surface area contributed by atoms with Gasteiger partial charge in [0.05, 0.1) is 30.5 Å². The van der Waals surface area contributed by atoms with Gasteiger partial charge in [-0.1, -0.05) is 59.2 Å². The molecule has 39 heavy (non-hydrogen) atoms. The number of hydrogen-bond acceptors (Lipinski definition) is 9. The molecule has 0 spiro atoms. The third kappa shape index (κ3) is 5.00. The number of hydrogen-bond donors (Lipinski definition) is 2. The molecule has 0 bridgehead atoms. The second-order valence-corrected chi connectivity index (χ2v) is 18.6. The number of aliphatic hydroxyl groups excluding tert-OH is 2. The van der Waals surface area contributed by atoms with E-state index >= 15 is 0 Å². The van der Waals surface area contributed by atoms with Crippen molar-refractivity contribution < 1.29 is 42.8 Å². The van der Waals surface area contributed by atoms with E-state index in [0.29, 0.717) is 18.1 Å². The third-order valence-corrected chi connectivity index (χ3v) is 14.0. The second kappa shape index (κ2) is 10.0. The van der Waals surface area contributed by atoms with Crippen molar-refractivity contribution in [1.82, 2.24) is 0 Å². The molecular formula is C28H41ClO9Si. The summed E-state index contributed by atoms with van der Waals surface area (Å²) in [5.41, 5.74) is -1.05. The number of carbonyl (C=O) groups is 1. The summed E-state index contributed by atoms with van der Waals surface area (Å²) in [7, 11) is -2.70. The zero-order valence-electron chi connectivity index (χ0n) is 23.7. The van der Waals surface area contributed by atoms with Crippen LogP contribution < -0.4 is 0 Å². The maximum atomic E-state index is 12.7. The molecule has 0 aliphatic carbocycles. The molecule has 0 radical (unpaired) electrons. The van der Waals surface area contributed by atoms with Crippen molar-refractivity contribution in [1.29, 1.82) is 0 Å². The van der Waals surface area contributed by atoms with Crippen LogP contribution in [-0.4, -0.2) is 86.0 Å². The lowest BCUT2D eigenvalue weighted by atomic mass is 9.77. The summed E-state index contributed by atoms with van der Waals surface area (Å²) >= 11 is 6.00. The van der Waals surface area contributed by atoms with Gasteiger partial charge in [0.2, 0.25) is 6.29 Å². The zero-order valence-corrected chi connectivity index (χ0v) is 25.4. The molecule has 5 rings (SSSR count). The lowest BCUT2D eigenvalue weighted by Crippen LogP contribution is -2.74. The Hall–Kier alpha value is -1.08. The molecule has 4 aliphatic heterocycles. The molecule has 1 aromatic rings. The van der Waals surface area contributed by atoms with Crippen molar-refractivity contribution in [3.8, 4) is 0 Å². The topological polar surface area (TPSA) is 113 Å². The summed E-state index contributed by atoms with van der Waals surface area (Å²) < 4.78 is 37.9. The first-order chi connectivity index (χ1) is 18.1. The minimum atomic E-state index is -2.70. The van der Waals surface area contributed by atoms with Crippen LogP contribution in [0, 0.1) is 0 Å². The van der Waals surface area contributed by atoms with Crippen LogP contribution in [0.5, 0.6) is 0 Å². The molecule has 4 aliphatic rings. The molecule has 2 N–H and O–H groups in total. The molecular weight excluding hydrogens is 544 g/mol. The van der Waals surface area contributed by atoms with Gasteiger partial charge < -0.3 is 38.0 Å². The minimum absolute atomic E-state index is 0.116. The average Bonchev–Trinajstić information content (AvgIpc) is 2.83. The Morgan fingerprint density at radius 3 is 2.38 bits per heavy atom. The number of rotatable bonds is 2. The second-order valence-electron chi connectivity index (χ2n) is 13.5. The highest BCUT2D eigenvalue weighted by Crippen LogP contribution is 2.56. The first-order valence-electron chi connectivity index (χ1n) is 13.7. The van der Waals surface area contributed by atoms with Crippen molar-refractivity contribution >= 4 is 26.1 Å². The summed E-state index contributed by atoms with van der Waals surface area (Å²) in [4.78, 5) is 12.7. The predicted octanol–water partition coefficient (Wildman–Crippen LogP) is 4.11. The average molecular weight is 585 g/mol. The Morgan fingerprint density at radius 1 is 1.05 bits per heavy atom. The molecule has 9 atom stereocenters. The molecule has 0 saturated carbocycles. The molecule has 9 nitrogen and oxygen atoms in total. The number of aliphatic hydroxyl groups is 2. The highest BCUT2D eigenvalue weighted by molar-refractivity contribution is 6.73. The van der Waals surface area contributed by atoms with Crippen molar-refractivity contribution in [3.05, 3.63) is 34.9 Å².